The number of benzene rings is 1. The number of hydrogen-bond donors (Lipinski definition) is 0. The van der Waals surface area contributed by atoms with Crippen molar-refractivity contribution in [1.29, 1.82) is 0 Å². The number of rotatable bonds is 11. The molecule has 0 aliphatic heterocycles. The van der Waals surface area contributed by atoms with Gasteiger partial charge >= 0.3 is 0 Å². The van der Waals surface area contributed by atoms with Crippen LogP contribution in [0.15, 0.2) is 23.2 Å². The average molecular weight is 310 g/mol. The van der Waals surface area contributed by atoms with E-state index in [1.54, 1.807) is 18.2 Å². The molecule has 1 aromatic carbocycles. The van der Waals surface area contributed by atoms with E-state index in [1.165, 1.54) is 51.0 Å². The summed E-state index contributed by atoms with van der Waals surface area (Å²) < 4.78 is 5.64. The van der Waals surface area contributed by atoms with Gasteiger partial charge in [-0.15, -0.1) is 0 Å². The second-order valence-corrected chi connectivity index (χ2v) is 5.55. The fourth-order valence-electron chi connectivity index (χ4n) is 2.14. The first-order chi connectivity index (χ1) is 10.3. The van der Waals surface area contributed by atoms with Gasteiger partial charge in [-0.2, -0.15) is 4.99 Å². The molecule has 3 nitrogen and oxygen atoms in total. The third-order valence-electron chi connectivity index (χ3n) is 3.35. The van der Waals surface area contributed by atoms with Crippen molar-refractivity contribution in [3.63, 3.8) is 0 Å². The summed E-state index contributed by atoms with van der Waals surface area (Å²) >= 11 is 5.98. The van der Waals surface area contributed by atoms with Gasteiger partial charge < -0.3 is 4.74 Å². The van der Waals surface area contributed by atoms with Crippen molar-refractivity contribution >= 4 is 23.4 Å². The number of hydrogen-bond acceptors (Lipinski definition) is 3. The van der Waals surface area contributed by atoms with E-state index < -0.39 is 0 Å². The highest BCUT2D eigenvalue weighted by Gasteiger charge is 2.01. The summed E-state index contributed by atoms with van der Waals surface area (Å²) in [5.74, 6) is 0.716. The lowest BCUT2D eigenvalue weighted by atomic mass is 10.1. The summed E-state index contributed by atoms with van der Waals surface area (Å²) in [6.45, 7) is 2.93. The number of carbonyl (C=O) groups excluding carboxylic acids is 1. The van der Waals surface area contributed by atoms with Crippen molar-refractivity contribution in [3.8, 4) is 5.75 Å². The zero-order valence-electron chi connectivity index (χ0n) is 12.7. The predicted molar refractivity (Wildman–Crippen MR) is 87.3 cm³/mol. The van der Waals surface area contributed by atoms with E-state index in [4.69, 9.17) is 16.3 Å². The zero-order valence-corrected chi connectivity index (χ0v) is 13.5. The van der Waals surface area contributed by atoms with Crippen LogP contribution >= 0.6 is 11.6 Å². The van der Waals surface area contributed by atoms with Gasteiger partial charge in [0.25, 0.3) is 0 Å². The molecule has 0 saturated carbocycles. The molecule has 0 heterocycles. The lowest BCUT2D eigenvalue weighted by Crippen LogP contribution is -1.97. The van der Waals surface area contributed by atoms with Gasteiger partial charge in [-0.3, -0.25) is 0 Å². The molecule has 4 heteroatoms. The van der Waals surface area contributed by atoms with Crippen LogP contribution in [0, 0.1) is 0 Å². The largest absolute Gasteiger partial charge is 0.494 e. The third kappa shape index (κ3) is 7.89. The molecule has 0 amide bonds. The van der Waals surface area contributed by atoms with Crippen LogP contribution in [0.2, 0.25) is 5.02 Å². The number of unbranched alkanes of at least 4 members (excludes halogenated alkanes) is 7. The van der Waals surface area contributed by atoms with Crippen LogP contribution in [-0.2, 0) is 4.79 Å². The van der Waals surface area contributed by atoms with Crippen molar-refractivity contribution in [2.24, 2.45) is 4.99 Å². The SMILES string of the molecule is CCCCCCCCCCOc1ccc(N=C=O)c(Cl)c1. The Morgan fingerprint density at radius 3 is 2.38 bits per heavy atom. The Hall–Kier alpha value is -1.31. The number of isocyanates is 1. The van der Waals surface area contributed by atoms with Crippen LogP contribution in [-0.4, -0.2) is 12.7 Å². The number of nitrogens with zero attached hydrogens (tertiary/aromatic N) is 1. The molecular formula is C17H24ClNO2. The van der Waals surface area contributed by atoms with Crippen LogP contribution in [0.4, 0.5) is 5.69 Å². The van der Waals surface area contributed by atoms with Gasteiger partial charge in [0.15, 0.2) is 0 Å². The zero-order chi connectivity index (χ0) is 15.3. The topological polar surface area (TPSA) is 38.7 Å². The van der Waals surface area contributed by atoms with Gasteiger partial charge in [-0.1, -0.05) is 63.5 Å². The molecule has 0 atom stereocenters. The second-order valence-electron chi connectivity index (χ2n) is 5.14. The minimum absolute atomic E-state index is 0.409. The van der Waals surface area contributed by atoms with E-state index in [2.05, 4.69) is 11.9 Å². The predicted octanol–water partition coefficient (Wildman–Crippen LogP) is 5.83. The number of halogens is 1. The summed E-state index contributed by atoms with van der Waals surface area (Å²) in [5.41, 5.74) is 0.422. The lowest BCUT2D eigenvalue weighted by molar-refractivity contribution is 0.304. The summed E-state index contributed by atoms with van der Waals surface area (Å²) in [5, 5.41) is 0.409. The van der Waals surface area contributed by atoms with Crippen molar-refractivity contribution < 1.29 is 9.53 Å². The first-order valence-corrected chi connectivity index (χ1v) is 8.16. The molecule has 116 valence electrons. The number of aliphatic imine (C=N–C) groups is 1. The molecule has 0 radical (unpaired) electrons. The highest BCUT2D eigenvalue weighted by molar-refractivity contribution is 6.33. The lowest BCUT2D eigenvalue weighted by Gasteiger charge is -2.07. The highest BCUT2D eigenvalue weighted by Crippen LogP contribution is 2.28. The average Bonchev–Trinajstić information content (AvgIpc) is 2.48. The van der Waals surface area contributed by atoms with Crippen molar-refractivity contribution in [3.05, 3.63) is 23.2 Å². The minimum Gasteiger partial charge on any atom is -0.494 e. The van der Waals surface area contributed by atoms with Gasteiger partial charge in [-0.25, -0.2) is 4.79 Å². The Kier molecular flexibility index (Phi) is 9.60. The Morgan fingerprint density at radius 2 is 1.76 bits per heavy atom. The molecule has 0 unspecified atom stereocenters. The molecule has 1 aromatic rings. The van der Waals surface area contributed by atoms with Gasteiger partial charge in [-0.05, 0) is 18.6 Å². The smallest absolute Gasteiger partial charge is 0.240 e. The molecule has 0 spiro atoms. The van der Waals surface area contributed by atoms with Crippen molar-refractivity contribution in [2.75, 3.05) is 6.61 Å². The standard InChI is InChI=1S/C17H24ClNO2/c1-2-3-4-5-6-7-8-9-12-21-15-10-11-17(19-14-20)16(18)13-15/h10-11,13H,2-9,12H2,1H3. The monoisotopic (exact) mass is 309 g/mol. The van der Waals surface area contributed by atoms with Crippen molar-refractivity contribution in [1.82, 2.24) is 0 Å². The number of ether oxygens (including phenoxy) is 1. The van der Waals surface area contributed by atoms with E-state index in [0.717, 1.165) is 6.42 Å². The summed E-state index contributed by atoms with van der Waals surface area (Å²) in [7, 11) is 0. The molecule has 0 saturated heterocycles. The molecular weight excluding hydrogens is 286 g/mol. The highest BCUT2D eigenvalue weighted by atomic mass is 35.5. The quantitative estimate of drug-likeness (QED) is 0.293. The van der Waals surface area contributed by atoms with Crippen molar-refractivity contribution in [2.45, 2.75) is 58.3 Å². The Bertz CT molecular complexity index is 456. The van der Waals surface area contributed by atoms with Crippen LogP contribution in [0.1, 0.15) is 58.3 Å². The maximum absolute atomic E-state index is 10.2. The molecule has 0 N–H and O–H groups in total. The van der Waals surface area contributed by atoms with Crippen LogP contribution in [0.5, 0.6) is 5.75 Å². The Labute approximate surface area is 132 Å². The molecule has 0 fully saturated rings. The molecule has 1 rings (SSSR count). The Morgan fingerprint density at radius 1 is 1.10 bits per heavy atom. The molecule has 0 aliphatic carbocycles. The van der Waals surface area contributed by atoms with Crippen LogP contribution < -0.4 is 4.74 Å². The molecule has 0 bridgehead atoms. The van der Waals surface area contributed by atoms with E-state index in [-0.39, 0.29) is 0 Å². The van der Waals surface area contributed by atoms with Crippen LogP contribution in [0.25, 0.3) is 0 Å². The maximum atomic E-state index is 10.2. The maximum Gasteiger partial charge on any atom is 0.240 e. The van der Waals surface area contributed by atoms with E-state index in [0.29, 0.717) is 23.1 Å². The normalized spacial score (nSPS) is 10.2. The van der Waals surface area contributed by atoms with E-state index in [9.17, 15) is 4.79 Å². The fourth-order valence-corrected chi connectivity index (χ4v) is 2.36. The first-order valence-electron chi connectivity index (χ1n) is 7.78. The summed E-state index contributed by atoms with van der Waals surface area (Å²) in [4.78, 5) is 13.7. The second kappa shape index (κ2) is 11.4. The van der Waals surface area contributed by atoms with Crippen LogP contribution in [0.3, 0.4) is 0 Å². The van der Waals surface area contributed by atoms with Gasteiger partial charge in [0.1, 0.15) is 5.75 Å². The molecule has 21 heavy (non-hydrogen) atoms. The fraction of sp³-hybridized carbons (Fsp3) is 0.588. The molecule has 0 aromatic heterocycles. The third-order valence-corrected chi connectivity index (χ3v) is 3.65. The summed E-state index contributed by atoms with van der Waals surface area (Å²) in [6.07, 6.45) is 11.7. The first kappa shape index (κ1) is 17.7. The van der Waals surface area contributed by atoms with Gasteiger partial charge in [0.05, 0.1) is 17.3 Å². The van der Waals surface area contributed by atoms with Gasteiger partial charge in [0.2, 0.25) is 6.08 Å². The molecule has 0 aliphatic rings. The van der Waals surface area contributed by atoms with Gasteiger partial charge in [0, 0.05) is 6.07 Å². The Balaban J connectivity index is 2.13. The summed E-state index contributed by atoms with van der Waals surface area (Å²) in [6, 6.07) is 5.12. The minimum atomic E-state index is 0.409. The van der Waals surface area contributed by atoms with E-state index in [1.807, 2.05) is 0 Å². The van der Waals surface area contributed by atoms with E-state index >= 15 is 0 Å².